The van der Waals surface area contributed by atoms with Crippen LogP contribution >= 0.6 is 11.6 Å². The highest BCUT2D eigenvalue weighted by Crippen LogP contribution is 2.51. The normalized spacial score (nSPS) is 17.4. The number of pyridine rings is 1. The SMILES string of the molecule is Cc1cc(N)nc(-c2c(Cl)c3c4c(nc(OC[C@@H]5CCN5CC(F)F)nc4c2F)N([C@H](C)c2ccnnc2N)CCO3)c1C(F)(F)F. The number of benzene rings is 1. The Hall–Kier alpha value is -4.38. The zero-order chi connectivity index (χ0) is 33.8. The van der Waals surface area contributed by atoms with E-state index in [9.17, 15) is 22.0 Å². The molecule has 2 aliphatic heterocycles. The van der Waals surface area contributed by atoms with Crippen molar-refractivity contribution in [1.29, 1.82) is 0 Å². The van der Waals surface area contributed by atoms with Gasteiger partial charge in [0.25, 0.3) is 6.43 Å². The molecular weight excluding hydrogens is 656 g/mol. The van der Waals surface area contributed by atoms with E-state index in [1.54, 1.807) is 17.9 Å². The van der Waals surface area contributed by atoms with Crippen molar-refractivity contribution in [2.24, 2.45) is 0 Å². The third kappa shape index (κ3) is 5.97. The lowest BCUT2D eigenvalue weighted by Crippen LogP contribution is -2.52. The fourth-order valence-corrected chi connectivity index (χ4v) is 6.28. The van der Waals surface area contributed by atoms with Gasteiger partial charge in [0, 0.05) is 18.2 Å². The quantitative estimate of drug-likeness (QED) is 0.229. The molecule has 0 amide bonds. The first-order valence-electron chi connectivity index (χ1n) is 14.4. The number of nitrogens with zero attached hydrogens (tertiary/aromatic N) is 7. The van der Waals surface area contributed by atoms with Crippen molar-refractivity contribution in [1.82, 2.24) is 30.0 Å². The predicted molar refractivity (Wildman–Crippen MR) is 161 cm³/mol. The molecule has 0 radical (unpaired) electrons. The van der Waals surface area contributed by atoms with E-state index < -0.39 is 58.4 Å². The van der Waals surface area contributed by atoms with Gasteiger partial charge in [-0.25, -0.2) is 18.2 Å². The number of likely N-dealkylation sites (tertiary alicyclic amines) is 1. The van der Waals surface area contributed by atoms with Gasteiger partial charge in [-0.15, -0.1) is 5.10 Å². The third-order valence-corrected chi connectivity index (χ3v) is 8.65. The summed E-state index contributed by atoms with van der Waals surface area (Å²) in [6.07, 6.45) is -5.49. The van der Waals surface area contributed by atoms with Crippen LogP contribution in [-0.2, 0) is 6.18 Å². The minimum absolute atomic E-state index is 0.0364. The molecule has 0 saturated carbocycles. The molecule has 11 nitrogen and oxygen atoms in total. The first-order chi connectivity index (χ1) is 22.3. The maximum absolute atomic E-state index is 16.8. The predicted octanol–water partition coefficient (Wildman–Crippen LogP) is 5.44. The molecule has 0 unspecified atom stereocenters. The molecule has 6 rings (SSSR count). The summed E-state index contributed by atoms with van der Waals surface area (Å²) in [5, 5.41) is 7.15. The summed E-state index contributed by atoms with van der Waals surface area (Å²) < 4.78 is 97.7. The van der Waals surface area contributed by atoms with Crippen LogP contribution in [0, 0.1) is 12.7 Å². The van der Waals surface area contributed by atoms with Crippen LogP contribution < -0.4 is 25.8 Å². The molecule has 2 aliphatic rings. The van der Waals surface area contributed by atoms with Crippen molar-refractivity contribution in [2.75, 3.05) is 49.2 Å². The van der Waals surface area contributed by atoms with Crippen molar-refractivity contribution >= 4 is 40.0 Å². The van der Waals surface area contributed by atoms with Crippen LogP contribution in [0.1, 0.15) is 36.1 Å². The van der Waals surface area contributed by atoms with E-state index in [0.717, 1.165) is 6.07 Å². The molecule has 3 aromatic heterocycles. The van der Waals surface area contributed by atoms with Crippen molar-refractivity contribution in [3.05, 3.63) is 45.9 Å². The van der Waals surface area contributed by atoms with Gasteiger partial charge in [0.15, 0.2) is 17.4 Å². The first-order valence-corrected chi connectivity index (χ1v) is 14.8. The molecule has 47 heavy (non-hydrogen) atoms. The van der Waals surface area contributed by atoms with Crippen LogP contribution in [0.15, 0.2) is 18.3 Å². The molecule has 2 atom stereocenters. The van der Waals surface area contributed by atoms with Crippen LogP contribution in [0.3, 0.4) is 0 Å². The maximum atomic E-state index is 16.8. The topological polar surface area (TPSA) is 141 Å². The number of halogens is 7. The monoisotopic (exact) mass is 683 g/mol. The minimum Gasteiger partial charge on any atom is -0.489 e. The fraction of sp³-hybridized carbons (Fsp3) is 0.414. The zero-order valence-electron chi connectivity index (χ0n) is 25.0. The number of rotatable bonds is 8. The summed E-state index contributed by atoms with van der Waals surface area (Å²) in [5.74, 6) is -1.51. The maximum Gasteiger partial charge on any atom is 0.418 e. The molecule has 250 valence electrons. The number of nitrogens with two attached hydrogens (primary N) is 2. The van der Waals surface area contributed by atoms with E-state index in [2.05, 4.69) is 25.1 Å². The van der Waals surface area contributed by atoms with Crippen LogP contribution in [-0.4, -0.2) is 75.4 Å². The average molecular weight is 684 g/mol. The Bertz CT molecular complexity index is 1850. The number of hydrogen-bond donors (Lipinski definition) is 2. The summed E-state index contributed by atoms with van der Waals surface area (Å²) >= 11 is 6.71. The molecule has 0 spiro atoms. The van der Waals surface area contributed by atoms with Crippen LogP contribution in [0.5, 0.6) is 11.8 Å². The van der Waals surface area contributed by atoms with Gasteiger partial charge in [-0.05, 0) is 38.0 Å². The van der Waals surface area contributed by atoms with Gasteiger partial charge in [0.2, 0.25) is 0 Å². The van der Waals surface area contributed by atoms with E-state index in [-0.39, 0.29) is 66.0 Å². The third-order valence-electron chi connectivity index (χ3n) is 8.29. The lowest BCUT2D eigenvalue weighted by molar-refractivity contribution is -0.137. The van der Waals surface area contributed by atoms with Crippen molar-refractivity contribution in [3.8, 4) is 23.0 Å². The van der Waals surface area contributed by atoms with E-state index >= 15 is 4.39 Å². The molecule has 4 N–H and O–H groups in total. The minimum atomic E-state index is -4.96. The van der Waals surface area contributed by atoms with E-state index in [4.69, 9.17) is 32.5 Å². The van der Waals surface area contributed by atoms with Gasteiger partial charge >= 0.3 is 12.2 Å². The summed E-state index contributed by atoms with van der Waals surface area (Å²) in [6, 6.07) is 1.39. The molecule has 1 aromatic carbocycles. The molecule has 18 heteroatoms. The number of hydrogen-bond acceptors (Lipinski definition) is 11. The second-order valence-electron chi connectivity index (χ2n) is 11.2. The van der Waals surface area contributed by atoms with Crippen molar-refractivity contribution in [2.45, 2.75) is 45.0 Å². The highest BCUT2D eigenvalue weighted by Gasteiger charge is 2.40. The van der Waals surface area contributed by atoms with Gasteiger partial charge in [-0.2, -0.15) is 28.2 Å². The van der Waals surface area contributed by atoms with Crippen molar-refractivity contribution in [3.63, 3.8) is 0 Å². The Kier molecular flexibility index (Phi) is 8.54. The smallest absolute Gasteiger partial charge is 0.418 e. The first kappa shape index (κ1) is 32.6. The molecule has 4 aromatic rings. The number of nitrogen functional groups attached to an aromatic ring is 2. The Morgan fingerprint density at radius 2 is 1.94 bits per heavy atom. The Morgan fingerprint density at radius 1 is 1.17 bits per heavy atom. The van der Waals surface area contributed by atoms with Gasteiger partial charge in [0.1, 0.15) is 30.4 Å². The fourth-order valence-electron chi connectivity index (χ4n) is 5.96. The second kappa shape index (κ2) is 12.3. The molecule has 0 aliphatic carbocycles. The largest absolute Gasteiger partial charge is 0.489 e. The zero-order valence-corrected chi connectivity index (χ0v) is 25.7. The molecule has 5 heterocycles. The molecule has 1 fully saturated rings. The van der Waals surface area contributed by atoms with Crippen molar-refractivity contribution < 1.29 is 35.8 Å². The highest BCUT2D eigenvalue weighted by molar-refractivity contribution is 6.36. The van der Waals surface area contributed by atoms with E-state index in [1.165, 1.54) is 18.0 Å². The number of aryl methyl sites for hydroxylation is 1. The van der Waals surface area contributed by atoms with Gasteiger partial charge < -0.3 is 25.8 Å². The summed E-state index contributed by atoms with van der Waals surface area (Å²) in [5.41, 5.74) is 8.91. The number of alkyl halides is 5. The molecule has 1 saturated heterocycles. The number of anilines is 3. The van der Waals surface area contributed by atoms with Gasteiger partial charge in [0.05, 0.1) is 52.6 Å². The summed E-state index contributed by atoms with van der Waals surface area (Å²) in [4.78, 5) is 15.9. The Labute approximate surface area is 268 Å². The van der Waals surface area contributed by atoms with Gasteiger partial charge in [-0.3, -0.25) is 4.90 Å². The number of ether oxygens (including phenoxy) is 2. The van der Waals surface area contributed by atoms with E-state index in [0.29, 0.717) is 18.5 Å². The standard InChI is InChI=1S/C29H28ClF6N9O2/c1-12-9-17(37)40-23(20(12)29(34,35)36)18-21(30)25-19-24(22(18)33)41-28(47-11-14-4-6-44(14)10-16(31)32)42-27(19)45(7-8-46-25)13(2)15-3-5-39-43-26(15)38/h3,5,9,13-14,16H,4,6-8,10-11H2,1-2H3,(H2,37,40)(H2,38,43)/t13-,14+/m1/s1. The summed E-state index contributed by atoms with van der Waals surface area (Å²) in [6.45, 7) is 2.92. The van der Waals surface area contributed by atoms with Gasteiger partial charge in [-0.1, -0.05) is 11.6 Å². The Balaban J connectivity index is 1.57. The lowest BCUT2D eigenvalue weighted by atomic mass is 9.98. The highest BCUT2D eigenvalue weighted by atomic mass is 35.5. The Morgan fingerprint density at radius 3 is 2.60 bits per heavy atom. The lowest BCUT2D eigenvalue weighted by Gasteiger charge is -2.40. The van der Waals surface area contributed by atoms with Crippen LogP contribution in [0.25, 0.3) is 22.2 Å². The number of aromatic nitrogens is 5. The molecular formula is C29H28ClF6N9O2. The second-order valence-corrected chi connectivity index (χ2v) is 11.6. The van der Waals surface area contributed by atoms with Crippen LogP contribution in [0.2, 0.25) is 5.02 Å². The summed E-state index contributed by atoms with van der Waals surface area (Å²) in [7, 11) is 0. The average Bonchev–Trinajstić information content (AvgIpc) is 3.17. The molecule has 0 bridgehead atoms. The van der Waals surface area contributed by atoms with E-state index in [1.807, 2.05) is 0 Å². The van der Waals surface area contributed by atoms with Crippen LogP contribution in [0.4, 0.5) is 43.8 Å².